The van der Waals surface area contributed by atoms with Gasteiger partial charge in [0.1, 0.15) is 0 Å². The van der Waals surface area contributed by atoms with Crippen LogP contribution in [0.15, 0.2) is 35.9 Å². The van der Waals surface area contributed by atoms with Crippen LogP contribution in [0, 0.1) is 6.92 Å². The number of aryl methyl sites for hydroxylation is 1. The minimum absolute atomic E-state index is 0. The molecule has 0 spiro atoms. The highest BCUT2D eigenvalue weighted by molar-refractivity contribution is 5.70. The summed E-state index contributed by atoms with van der Waals surface area (Å²) in [6.45, 7) is 10.3. The average molecular weight is 366 g/mol. The molecule has 0 bridgehead atoms. The van der Waals surface area contributed by atoms with E-state index in [1.165, 1.54) is 36.0 Å². The number of hydrogen-bond donors (Lipinski definition) is 0. The lowest BCUT2D eigenvalue weighted by Gasteiger charge is -2.40. The second kappa shape index (κ2) is 10.6. The number of ether oxygens (including phenoxy) is 1. The SMILES string of the molecule is CCOC(=O)C[N+]1(C/C=C(/C)Cc2ccc(C)cc2)CCCCC1.[Cl-]. The van der Waals surface area contributed by atoms with Crippen molar-refractivity contribution < 1.29 is 26.4 Å². The fraction of sp³-hybridized carbons (Fsp3) is 0.571. The third-order valence-corrected chi connectivity index (χ3v) is 4.97. The van der Waals surface area contributed by atoms with Gasteiger partial charge < -0.3 is 21.6 Å². The number of allylic oxidation sites excluding steroid dienone is 1. The Kier molecular flexibility index (Phi) is 9.23. The van der Waals surface area contributed by atoms with Crippen LogP contribution < -0.4 is 12.4 Å². The molecule has 140 valence electrons. The minimum Gasteiger partial charge on any atom is -1.00 e. The Bertz CT molecular complexity index is 560. The second-order valence-corrected chi connectivity index (χ2v) is 7.21. The Labute approximate surface area is 159 Å². The van der Waals surface area contributed by atoms with Gasteiger partial charge in [0.25, 0.3) is 0 Å². The third-order valence-electron chi connectivity index (χ3n) is 4.97. The summed E-state index contributed by atoms with van der Waals surface area (Å²) < 4.78 is 6.07. The van der Waals surface area contributed by atoms with Crippen molar-refractivity contribution in [2.24, 2.45) is 0 Å². The number of carbonyl (C=O) groups is 1. The highest BCUT2D eigenvalue weighted by Gasteiger charge is 2.32. The molecule has 0 amide bonds. The van der Waals surface area contributed by atoms with Gasteiger partial charge in [0.2, 0.25) is 0 Å². The van der Waals surface area contributed by atoms with Crippen LogP contribution in [0.3, 0.4) is 0 Å². The number of nitrogens with zero attached hydrogens (tertiary/aromatic N) is 1. The van der Waals surface area contributed by atoms with Crippen molar-refractivity contribution in [3.05, 3.63) is 47.0 Å². The number of hydrogen-bond acceptors (Lipinski definition) is 2. The first-order valence-corrected chi connectivity index (χ1v) is 9.25. The molecule has 0 saturated carbocycles. The lowest BCUT2D eigenvalue weighted by atomic mass is 10.0. The van der Waals surface area contributed by atoms with E-state index in [-0.39, 0.29) is 18.4 Å². The van der Waals surface area contributed by atoms with Crippen LogP contribution in [0.5, 0.6) is 0 Å². The highest BCUT2D eigenvalue weighted by atomic mass is 35.5. The molecule has 0 aromatic heterocycles. The highest BCUT2D eigenvalue weighted by Crippen LogP contribution is 2.20. The summed E-state index contributed by atoms with van der Waals surface area (Å²) in [7, 11) is 0. The molecule has 1 aliphatic heterocycles. The van der Waals surface area contributed by atoms with Gasteiger partial charge in [-0.1, -0.05) is 35.4 Å². The number of benzene rings is 1. The number of likely N-dealkylation sites (tertiary alicyclic amines) is 1. The Hall–Kier alpha value is -1.32. The number of rotatable bonds is 7. The molecule has 0 atom stereocenters. The van der Waals surface area contributed by atoms with Crippen molar-refractivity contribution >= 4 is 5.97 Å². The van der Waals surface area contributed by atoms with Gasteiger partial charge in [-0.3, -0.25) is 0 Å². The fourth-order valence-corrected chi connectivity index (χ4v) is 3.52. The molecular weight excluding hydrogens is 334 g/mol. The lowest BCUT2D eigenvalue weighted by molar-refractivity contribution is -0.920. The number of carbonyl (C=O) groups excluding carboxylic acids is 1. The summed E-state index contributed by atoms with van der Waals surface area (Å²) in [6, 6.07) is 8.75. The van der Waals surface area contributed by atoms with Crippen molar-refractivity contribution in [2.75, 3.05) is 32.8 Å². The van der Waals surface area contributed by atoms with E-state index in [0.717, 1.165) is 30.5 Å². The van der Waals surface area contributed by atoms with Crippen molar-refractivity contribution in [2.45, 2.75) is 46.5 Å². The molecule has 2 rings (SSSR count). The maximum Gasteiger partial charge on any atom is 0.361 e. The number of quaternary nitrogens is 1. The largest absolute Gasteiger partial charge is 1.00 e. The van der Waals surface area contributed by atoms with Crippen LogP contribution in [-0.2, 0) is 16.0 Å². The summed E-state index contributed by atoms with van der Waals surface area (Å²) in [5.74, 6) is -0.0519. The fourth-order valence-electron chi connectivity index (χ4n) is 3.52. The van der Waals surface area contributed by atoms with Gasteiger partial charge in [0.15, 0.2) is 6.54 Å². The van der Waals surface area contributed by atoms with Gasteiger partial charge in [-0.05, 0) is 58.1 Å². The van der Waals surface area contributed by atoms with Crippen LogP contribution in [0.2, 0.25) is 0 Å². The van der Waals surface area contributed by atoms with Crippen LogP contribution in [0.25, 0.3) is 0 Å². The number of halogens is 1. The molecule has 1 aromatic rings. The molecule has 1 saturated heterocycles. The van der Waals surface area contributed by atoms with Crippen molar-refractivity contribution in [1.82, 2.24) is 0 Å². The third kappa shape index (κ3) is 7.21. The van der Waals surface area contributed by atoms with Gasteiger partial charge >= 0.3 is 5.97 Å². The first kappa shape index (κ1) is 21.7. The molecule has 1 fully saturated rings. The molecule has 0 unspecified atom stereocenters. The molecular formula is C21H32ClNO2. The van der Waals surface area contributed by atoms with Crippen LogP contribution in [0.1, 0.15) is 44.2 Å². The van der Waals surface area contributed by atoms with E-state index in [1.807, 2.05) is 6.92 Å². The normalized spacial score (nSPS) is 16.8. The molecule has 0 N–H and O–H groups in total. The molecule has 4 heteroatoms. The van der Waals surface area contributed by atoms with Gasteiger partial charge in [-0.25, -0.2) is 4.79 Å². The average Bonchev–Trinajstić information content (AvgIpc) is 2.56. The predicted octanol–water partition coefficient (Wildman–Crippen LogP) is 1.05. The van der Waals surface area contributed by atoms with Crippen LogP contribution in [-0.4, -0.2) is 43.2 Å². The van der Waals surface area contributed by atoms with E-state index >= 15 is 0 Å². The quantitative estimate of drug-likeness (QED) is 0.410. The Balaban J connectivity index is 0.00000312. The Morgan fingerprint density at radius 2 is 1.80 bits per heavy atom. The van der Waals surface area contributed by atoms with Gasteiger partial charge in [-0.2, -0.15) is 0 Å². The van der Waals surface area contributed by atoms with Crippen molar-refractivity contribution in [3.8, 4) is 0 Å². The summed E-state index contributed by atoms with van der Waals surface area (Å²) in [6.07, 6.45) is 7.04. The van der Waals surface area contributed by atoms with E-state index in [1.54, 1.807) is 0 Å². The zero-order chi connectivity index (χ0) is 17.4. The predicted molar refractivity (Wildman–Crippen MR) is 98.9 cm³/mol. The maximum absolute atomic E-state index is 12.0. The first-order chi connectivity index (χ1) is 11.5. The topological polar surface area (TPSA) is 26.3 Å². The molecule has 25 heavy (non-hydrogen) atoms. The molecule has 1 aliphatic rings. The summed E-state index contributed by atoms with van der Waals surface area (Å²) in [5, 5.41) is 0. The van der Waals surface area contributed by atoms with E-state index in [9.17, 15) is 4.79 Å². The smallest absolute Gasteiger partial charge is 0.361 e. The Morgan fingerprint density at radius 3 is 2.40 bits per heavy atom. The summed E-state index contributed by atoms with van der Waals surface area (Å²) in [5.41, 5.74) is 4.03. The van der Waals surface area contributed by atoms with E-state index in [4.69, 9.17) is 4.74 Å². The molecule has 3 nitrogen and oxygen atoms in total. The molecule has 0 aliphatic carbocycles. The maximum atomic E-state index is 12.0. The van der Waals surface area contributed by atoms with E-state index in [2.05, 4.69) is 44.2 Å². The van der Waals surface area contributed by atoms with E-state index < -0.39 is 0 Å². The van der Waals surface area contributed by atoms with Gasteiger partial charge in [0, 0.05) is 0 Å². The van der Waals surface area contributed by atoms with Crippen molar-refractivity contribution in [1.29, 1.82) is 0 Å². The Morgan fingerprint density at radius 1 is 1.16 bits per heavy atom. The zero-order valence-electron chi connectivity index (χ0n) is 15.9. The minimum atomic E-state index is -0.0519. The molecule has 1 aromatic carbocycles. The number of piperidine rings is 1. The van der Waals surface area contributed by atoms with Gasteiger partial charge in [-0.15, -0.1) is 0 Å². The molecule has 0 radical (unpaired) electrons. The lowest BCUT2D eigenvalue weighted by Crippen LogP contribution is -3.00. The van der Waals surface area contributed by atoms with Crippen LogP contribution >= 0.6 is 0 Å². The standard InChI is InChI=1S/C21H32NO2.ClH/c1-4-24-21(23)17-22(13-6-5-7-14-22)15-12-19(3)16-20-10-8-18(2)9-11-20;/h8-12H,4-7,13-17H2,1-3H3;1H/q+1;/p-1/b19-12-;. The number of esters is 1. The summed E-state index contributed by atoms with van der Waals surface area (Å²) >= 11 is 0. The second-order valence-electron chi connectivity index (χ2n) is 7.21. The summed E-state index contributed by atoms with van der Waals surface area (Å²) in [4.78, 5) is 12.0. The monoisotopic (exact) mass is 365 g/mol. The zero-order valence-corrected chi connectivity index (χ0v) is 16.6. The molecule has 1 heterocycles. The van der Waals surface area contributed by atoms with E-state index in [0.29, 0.717) is 13.2 Å². The van der Waals surface area contributed by atoms with Gasteiger partial charge in [0.05, 0.1) is 26.2 Å². The van der Waals surface area contributed by atoms with Crippen molar-refractivity contribution in [3.63, 3.8) is 0 Å². The van der Waals surface area contributed by atoms with Crippen LogP contribution in [0.4, 0.5) is 0 Å². The first-order valence-electron chi connectivity index (χ1n) is 9.25.